The van der Waals surface area contributed by atoms with Crippen LogP contribution in [-0.4, -0.2) is 77.0 Å². The van der Waals surface area contributed by atoms with Crippen LogP contribution < -0.4 is 11.1 Å². The first-order chi connectivity index (χ1) is 19.8. The number of likely N-dealkylation sites (N-methyl/N-ethyl adjacent to an activating group) is 2. The number of aliphatic hydroxyl groups is 1. The molecule has 8 nitrogen and oxygen atoms in total. The monoisotopic (exact) mass is 576 g/mol. The van der Waals surface area contributed by atoms with E-state index in [1.54, 1.807) is 27.1 Å². The Balaban J connectivity index is 2.48. The largest absolute Gasteiger partial charge is 0.392 e. The lowest BCUT2D eigenvalue weighted by Gasteiger charge is -2.34. The molecule has 0 unspecified atom stereocenters. The molecule has 8 heteroatoms. The second-order valence-corrected chi connectivity index (χ2v) is 11.6. The van der Waals surface area contributed by atoms with Crippen LogP contribution in [0.5, 0.6) is 0 Å². The molecule has 4 N–H and O–H groups in total. The standard InChI is InChI=1S/C34H48N4O4/c1-8-13-25(9-2)21-29(32(41)36-23-24(3)39)38(7)33(42)30(37(6)31(40)16-12-19-34(4,5)35)22-26-17-18-27-14-10-11-15-28(27)20-26/h8-18,20,24,29-30,39H,19,21-23,35H2,1-7H3,(H,36,41)/b13-8-,16-12+,25-9+/t24-,29-,30-/m1/s1. The topological polar surface area (TPSA) is 116 Å². The van der Waals surface area contributed by atoms with Gasteiger partial charge in [0.1, 0.15) is 12.1 Å². The first kappa shape index (κ1) is 34.5. The Hall–Kier alpha value is -3.75. The zero-order valence-corrected chi connectivity index (χ0v) is 26.1. The van der Waals surface area contributed by atoms with E-state index in [-0.39, 0.29) is 37.1 Å². The number of nitrogens with one attached hydrogen (secondary N) is 1. The number of carbonyl (C=O) groups is 3. The van der Waals surface area contributed by atoms with Crippen molar-refractivity contribution in [2.75, 3.05) is 20.6 Å². The second kappa shape index (κ2) is 16.0. The van der Waals surface area contributed by atoms with Gasteiger partial charge in [-0.3, -0.25) is 14.4 Å². The number of nitrogens with zero attached hydrogens (tertiary/aromatic N) is 2. The van der Waals surface area contributed by atoms with Gasteiger partial charge in [-0.05, 0) is 63.5 Å². The van der Waals surface area contributed by atoms with Gasteiger partial charge in [-0.15, -0.1) is 0 Å². The maximum atomic E-state index is 14.2. The Morgan fingerprint density at radius 1 is 1.00 bits per heavy atom. The molecule has 228 valence electrons. The van der Waals surface area contributed by atoms with Crippen LogP contribution in [0.2, 0.25) is 0 Å². The van der Waals surface area contributed by atoms with Crippen molar-refractivity contribution in [3.63, 3.8) is 0 Å². The molecule has 0 aromatic heterocycles. The van der Waals surface area contributed by atoms with Gasteiger partial charge in [-0.1, -0.05) is 72.3 Å². The minimum Gasteiger partial charge on any atom is -0.392 e. The summed E-state index contributed by atoms with van der Waals surface area (Å²) in [4.78, 5) is 43.7. The van der Waals surface area contributed by atoms with Crippen molar-refractivity contribution in [3.05, 3.63) is 84.0 Å². The number of rotatable bonds is 14. The predicted molar refractivity (Wildman–Crippen MR) is 171 cm³/mol. The molecular weight excluding hydrogens is 528 g/mol. The van der Waals surface area contributed by atoms with Crippen LogP contribution >= 0.6 is 0 Å². The van der Waals surface area contributed by atoms with E-state index in [9.17, 15) is 19.5 Å². The van der Waals surface area contributed by atoms with Gasteiger partial charge in [0.05, 0.1) is 6.10 Å². The lowest BCUT2D eigenvalue weighted by Crippen LogP contribution is -2.55. The van der Waals surface area contributed by atoms with E-state index in [0.717, 1.165) is 21.9 Å². The average Bonchev–Trinajstić information content (AvgIpc) is 2.94. The van der Waals surface area contributed by atoms with Crippen molar-refractivity contribution in [3.8, 4) is 0 Å². The molecule has 0 aliphatic heterocycles. The van der Waals surface area contributed by atoms with Gasteiger partial charge >= 0.3 is 0 Å². The highest BCUT2D eigenvalue weighted by atomic mass is 16.3. The van der Waals surface area contributed by atoms with Crippen LogP contribution in [0.25, 0.3) is 10.8 Å². The lowest BCUT2D eigenvalue weighted by atomic mass is 9.98. The van der Waals surface area contributed by atoms with Crippen LogP contribution in [-0.2, 0) is 20.8 Å². The highest BCUT2D eigenvalue weighted by molar-refractivity contribution is 5.95. The molecule has 0 spiro atoms. The molecule has 0 heterocycles. The van der Waals surface area contributed by atoms with E-state index < -0.39 is 23.7 Å². The zero-order chi connectivity index (χ0) is 31.4. The lowest BCUT2D eigenvalue weighted by molar-refractivity contribution is -0.146. The Morgan fingerprint density at radius 2 is 1.67 bits per heavy atom. The molecule has 3 amide bonds. The molecule has 0 aliphatic rings. The number of amides is 3. The summed E-state index contributed by atoms with van der Waals surface area (Å²) in [7, 11) is 3.20. The van der Waals surface area contributed by atoms with Crippen molar-refractivity contribution in [2.24, 2.45) is 5.73 Å². The van der Waals surface area contributed by atoms with Crippen molar-refractivity contribution in [1.29, 1.82) is 0 Å². The molecule has 2 aromatic rings. The first-order valence-corrected chi connectivity index (χ1v) is 14.5. The van der Waals surface area contributed by atoms with Crippen LogP contribution in [0.4, 0.5) is 0 Å². The average molecular weight is 577 g/mol. The number of carbonyl (C=O) groups excluding carboxylic acids is 3. The zero-order valence-electron chi connectivity index (χ0n) is 26.1. The van der Waals surface area contributed by atoms with Crippen LogP contribution in [0, 0.1) is 0 Å². The SMILES string of the molecule is C/C=C\C(=C/C)C[C@H](C(=O)NC[C@@H](C)O)N(C)C(=O)[C@@H](Cc1ccc2ccccc2c1)N(C)C(=O)/C=C/CC(C)(C)N. The summed E-state index contributed by atoms with van der Waals surface area (Å²) in [6, 6.07) is 12.2. The quantitative estimate of drug-likeness (QED) is 0.231. The molecular formula is C34H48N4O4. The van der Waals surface area contributed by atoms with Gasteiger partial charge in [-0.2, -0.15) is 0 Å². The fourth-order valence-corrected chi connectivity index (χ4v) is 4.59. The molecule has 42 heavy (non-hydrogen) atoms. The number of benzene rings is 2. The Morgan fingerprint density at radius 3 is 2.26 bits per heavy atom. The number of nitrogens with two attached hydrogens (primary N) is 1. The van der Waals surface area contributed by atoms with Crippen LogP contribution in [0.1, 0.15) is 53.0 Å². The Labute approximate surface area is 250 Å². The van der Waals surface area contributed by atoms with Crippen molar-refractivity contribution in [2.45, 2.75) is 77.6 Å². The molecule has 2 rings (SSSR count). The number of hydrogen-bond acceptors (Lipinski definition) is 5. The van der Waals surface area contributed by atoms with Gasteiger partial charge in [0.15, 0.2) is 0 Å². The summed E-state index contributed by atoms with van der Waals surface area (Å²) in [5.74, 6) is -1.07. The fourth-order valence-electron chi connectivity index (χ4n) is 4.59. The molecule has 3 atom stereocenters. The minimum absolute atomic E-state index is 0.0628. The summed E-state index contributed by atoms with van der Waals surface area (Å²) in [5, 5.41) is 14.6. The third-order valence-electron chi connectivity index (χ3n) is 7.12. The number of hydrogen-bond donors (Lipinski definition) is 3. The number of fused-ring (bicyclic) bond motifs is 1. The van der Waals surface area contributed by atoms with Gasteiger partial charge in [0, 0.05) is 39.0 Å². The maximum absolute atomic E-state index is 14.2. The van der Waals surface area contributed by atoms with Crippen molar-refractivity contribution >= 4 is 28.5 Å². The summed E-state index contributed by atoms with van der Waals surface area (Å²) in [5.41, 5.74) is 7.38. The van der Waals surface area contributed by atoms with Gasteiger partial charge in [0.25, 0.3) is 0 Å². The Bertz CT molecular complexity index is 1310. The summed E-state index contributed by atoms with van der Waals surface area (Å²) < 4.78 is 0. The molecule has 0 fully saturated rings. The summed E-state index contributed by atoms with van der Waals surface area (Å²) in [6.45, 7) is 9.17. The van der Waals surface area contributed by atoms with E-state index in [4.69, 9.17) is 5.73 Å². The highest BCUT2D eigenvalue weighted by Gasteiger charge is 2.35. The fraction of sp³-hybridized carbons (Fsp3) is 0.441. The van der Waals surface area contributed by atoms with Gasteiger partial charge in [0.2, 0.25) is 17.7 Å². The molecule has 0 radical (unpaired) electrons. The van der Waals surface area contributed by atoms with E-state index in [1.807, 2.05) is 88.4 Å². The summed E-state index contributed by atoms with van der Waals surface area (Å²) >= 11 is 0. The third-order valence-corrected chi connectivity index (χ3v) is 7.12. The van der Waals surface area contributed by atoms with Gasteiger partial charge < -0.3 is 26.0 Å². The maximum Gasteiger partial charge on any atom is 0.246 e. The van der Waals surface area contributed by atoms with Crippen LogP contribution in [0.3, 0.4) is 0 Å². The second-order valence-electron chi connectivity index (χ2n) is 11.6. The van der Waals surface area contributed by atoms with E-state index >= 15 is 0 Å². The minimum atomic E-state index is -0.873. The van der Waals surface area contributed by atoms with E-state index in [2.05, 4.69) is 5.32 Å². The summed E-state index contributed by atoms with van der Waals surface area (Å²) in [6.07, 6.45) is 9.17. The van der Waals surface area contributed by atoms with Crippen molar-refractivity contribution < 1.29 is 19.5 Å². The Kier molecular flexibility index (Phi) is 13.2. The highest BCUT2D eigenvalue weighted by Crippen LogP contribution is 2.21. The molecule has 0 aliphatic carbocycles. The van der Waals surface area contributed by atoms with Crippen molar-refractivity contribution in [1.82, 2.24) is 15.1 Å². The molecule has 0 saturated heterocycles. The predicted octanol–water partition coefficient (Wildman–Crippen LogP) is 4.13. The van der Waals surface area contributed by atoms with E-state index in [0.29, 0.717) is 6.42 Å². The number of aliphatic hydroxyl groups excluding tert-OH is 1. The molecule has 2 aromatic carbocycles. The first-order valence-electron chi connectivity index (χ1n) is 14.5. The van der Waals surface area contributed by atoms with E-state index in [1.165, 1.54) is 15.9 Å². The third kappa shape index (κ3) is 10.6. The molecule has 0 bridgehead atoms. The van der Waals surface area contributed by atoms with Crippen LogP contribution in [0.15, 0.2) is 78.4 Å². The van der Waals surface area contributed by atoms with Gasteiger partial charge in [-0.25, -0.2) is 0 Å². The smallest absolute Gasteiger partial charge is 0.246 e. The number of allylic oxidation sites excluding steroid dienone is 3. The molecule has 0 saturated carbocycles. The normalized spacial score (nSPS) is 14.6.